The van der Waals surface area contributed by atoms with E-state index in [1.807, 2.05) is 0 Å². The lowest BCUT2D eigenvalue weighted by Crippen LogP contribution is -2.45. The molecule has 1 aliphatic rings. The van der Waals surface area contributed by atoms with E-state index in [4.69, 9.17) is 0 Å². The zero-order valence-corrected chi connectivity index (χ0v) is 12.4. The van der Waals surface area contributed by atoms with Crippen molar-refractivity contribution in [3.05, 3.63) is 35.4 Å². The number of nitrogens with zero attached hydrogens (tertiary/aromatic N) is 1. The van der Waals surface area contributed by atoms with Gasteiger partial charge in [-0.05, 0) is 18.1 Å². The Bertz CT molecular complexity index is 604. The topological polar surface area (TPSA) is 69.6 Å². The predicted octanol–water partition coefficient (Wildman–Crippen LogP) is 1.48. The number of hydrogen-bond donors (Lipinski definition) is 2. The average Bonchev–Trinajstić information content (AvgIpc) is 2.83. The van der Waals surface area contributed by atoms with E-state index in [0.29, 0.717) is 6.42 Å². The van der Waals surface area contributed by atoms with Gasteiger partial charge in [-0.3, -0.25) is 9.59 Å². The zero-order valence-electron chi connectivity index (χ0n) is 12.4. The minimum atomic E-state index is -4.59. The number of likely N-dealkylation sites (tertiary alicyclic amines) is 1. The van der Waals surface area contributed by atoms with Crippen molar-refractivity contribution in [2.45, 2.75) is 31.1 Å². The van der Waals surface area contributed by atoms with Crippen LogP contribution >= 0.6 is 0 Å². The van der Waals surface area contributed by atoms with E-state index in [0.717, 1.165) is 6.07 Å². The fourth-order valence-electron chi connectivity index (χ4n) is 2.66. The molecule has 126 valence electrons. The molecule has 23 heavy (non-hydrogen) atoms. The Labute approximate surface area is 131 Å². The molecule has 1 unspecified atom stereocenters. The number of benzene rings is 1. The van der Waals surface area contributed by atoms with E-state index in [1.54, 1.807) is 0 Å². The van der Waals surface area contributed by atoms with Crippen LogP contribution in [0.3, 0.4) is 0 Å². The number of halogens is 3. The third-order valence-electron chi connectivity index (χ3n) is 3.94. The molecule has 2 N–H and O–H groups in total. The van der Waals surface area contributed by atoms with Gasteiger partial charge in [0.25, 0.3) is 0 Å². The molecule has 1 aliphatic heterocycles. The molecule has 1 aromatic rings. The summed E-state index contributed by atoms with van der Waals surface area (Å²) in [6.45, 7) is -0.677. The summed E-state index contributed by atoms with van der Waals surface area (Å²) in [6, 6.07) is 2.85. The summed E-state index contributed by atoms with van der Waals surface area (Å²) in [4.78, 5) is 24.9. The van der Waals surface area contributed by atoms with E-state index in [2.05, 4.69) is 5.32 Å². The SMILES string of the molecule is CN1C(=O)CC[C@H]1C(=O)NC(CO)c1ccccc1C(F)(F)F. The minimum Gasteiger partial charge on any atom is -0.394 e. The second-order valence-electron chi connectivity index (χ2n) is 5.39. The molecule has 0 bridgehead atoms. The van der Waals surface area contributed by atoms with Crippen molar-refractivity contribution < 1.29 is 27.9 Å². The molecule has 0 aliphatic carbocycles. The number of rotatable bonds is 4. The molecule has 0 spiro atoms. The first kappa shape index (κ1) is 17.3. The predicted molar refractivity (Wildman–Crippen MR) is 75.2 cm³/mol. The van der Waals surface area contributed by atoms with Gasteiger partial charge in [-0.2, -0.15) is 13.2 Å². The Kier molecular flexibility index (Phi) is 4.93. The van der Waals surface area contributed by atoms with Crippen LogP contribution in [0.4, 0.5) is 13.2 Å². The van der Waals surface area contributed by atoms with Crippen LogP contribution < -0.4 is 5.32 Å². The number of carbonyl (C=O) groups excluding carboxylic acids is 2. The van der Waals surface area contributed by atoms with Crippen LogP contribution in [-0.2, 0) is 15.8 Å². The van der Waals surface area contributed by atoms with Gasteiger partial charge < -0.3 is 15.3 Å². The first-order chi connectivity index (χ1) is 10.8. The van der Waals surface area contributed by atoms with Crippen LogP contribution in [-0.4, -0.2) is 41.5 Å². The third kappa shape index (κ3) is 3.64. The number of alkyl halides is 3. The quantitative estimate of drug-likeness (QED) is 0.878. The Morgan fingerprint density at radius 3 is 2.61 bits per heavy atom. The normalized spacial score (nSPS) is 19.8. The molecule has 0 radical (unpaired) electrons. The lowest BCUT2D eigenvalue weighted by atomic mass is 10.00. The van der Waals surface area contributed by atoms with Crippen LogP contribution in [0.5, 0.6) is 0 Å². The van der Waals surface area contributed by atoms with E-state index in [-0.39, 0.29) is 17.9 Å². The monoisotopic (exact) mass is 330 g/mol. The lowest BCUT2D eigenvalue weighted by molar-refractivity contribution is -0.139. The number of carbonyl (C=O) groups is 2. The number of amides is 2. The number of likely N-dealkylation sites (N-methyl/N-ethyl adjacent to an activating group) is 1. The average molecular weight is 330 g/mol. The molecule has 1 heterocycles. The van der Waals surface area contributed by atoms with Gasteiger partial charge in [0.1, 0.15) is 6.04 Å². The van der Waals surface area contributed by atoms with Gasteiger partial charge in [0.05, 0.1) is 18.2 Å². The summed E-state index contributed by atoms with van der Waals surface area (Å²) in [5.74, 6) is -0.768. The maximum atomic E-state index is 13.0. The fraction of sp³-hybridized carbons (Fsp3) is 0.467. The number of aliphatic hydroxyl groups is 1. The van der Waals surface area contributed by atoms with Crippen LogP contribution in [0.1, 0.15) is 30.0 Å². The Hall–Kier alpha value is -2.09. The van der Waals surface area contributed by atoms with Gasteiger partial charge in [0.2, 0.25) is 11.8 Å². The molecule has 5 nitrogen and oxygen atoms in total. The highest BCUT2D eigenvalue weighted by atomic mass is 19.4. The summed E-state index contributed by atoms with van der Waals surface area (Å²) in [6.07, 6.45) is -4.06. The highest BCUT2D eigenvalue weighted by Gasteiger charge is 2.37. The Morgan fingerprint density at radius 1 is 1.43 bits per heavy atom. The minimum absolute atomic E-state index is 0.193. The molecule has 2 atom stereocenters. The van der Waals surface area contributed by atoms with E-state index >= 15 is 0 Å². The van der Waals surface area contributed by atoms with Gasteiger partial charge in [-0.15, -0.1) is 0 Å². The van der Waals surface area contributed by atoms with Gasteiger partial charge in [-0.1, -0.05) is 18.2 Å². The second-order valence-corrected chi connectivity index (χ2v) is 5.39. The first-order valence-corrected chi connectivity index (χ1v) is 7.08. The first-order valence-electron chi connectivity index (χ1n) is 7.08. The Morgan fingerprint density at radius 2 is 2.09 bits per heavy atom. The summed E-state index contributed by atoms with van der Waals surface area (Å²) in [7, 11) is 1.47. The highest BCUT2D eigenvalue weighted by molar-refractivity contribution is 5.90. The standard InChI is InChI=1S/C15H17F3N2O3/c1-20-12(6-7-13(20)22)14(23)19-11(8-21)9-4-2-3-5-10(9)15(16,17)18/h2-5,11-12,21H,6-8H2,1H3,(H,19,23)/t11?,12-/m0/s1. The molecule has 1 fully saturated rings. The summed E-state index contributed by atoms with van der Waals surface area (Å²) < 4.78 is 39.1. The Balaban J connectivity index is 2.21. The van der Waals surface area contributed by atoms with Crippen molar-refractivity contribution in [1.82, 2.24) is 10.2 Å². The van der Waals surface area contributed by atoms with Crippen molar-refractivity contribution in [1.29, 1.82) is 0 Å². The smallest absolute Gasteiger partial charge is 0.394 e. The van der Waals surface area contributed by atoms with E-state index in [9.17, 15) is 27.9 Å². The van der Waals surface area contributed by atoms with Crippen LogP contribution in [0, 0.1) is 0 Å². The lowest BCUT2D eigenvalue weighted by Gasteiger charge is -2.25. The molecule has 0 aromatic heterocycles. The van der Waals surface area contributed by atoms with Gasteiger partial charge in [-0.25, -0.2) is 0 Å². The highest BCUT2D eigenvalue weighted by Crippen LogP contribution is 2.34. The summed E-state index contributed by atoms with van der Waals surface area (Å²) >= 11 is 0. The van der Waals surface area contributed by atoms with Crippen LogP contribution in [0.25, 0.3) is 0 Å². The molecule has 0 saturated carbocycles. The molecular formula is C15H17F3N2O3. The van der Waals surface area contributed by atoms with Gasteiger partial charge in [0, 0.05) is 13.5 Å². The molecular weight excluding hydrogens is 313 g/mol. The van der Waals surface area contributed by atoms with Gasteiger partial charge >= 0.3 is 6.18 Å². The number of hydrogen-bond acceptors (Lipinski definition) is 3. The largest absolute Gasteiger partial charge is 0.416 e. The molecule has 2 amide bonds. The van der Waals surface area contributed by atoms with Crippen molar-refractivity contribution in [2.75, 3.05) is 13.7 Å². The van der Waals surface area contributed by atoms with E-state index in [1.165, 1.54) is 30.1 Å². The second kappa shape index (κ2) is 6.57. The van der Waals surface area contributed by atoms with Crippen LogP contribution in [0.15, 0.2) is 24.3 Å². The van der Waals surface area contributed by atoms with Gasteiger partial charge in [0.15, 0.2) is 0 Å². The van der Waals surface area contributed by atoms with Crippen LogP contribution in [0.2, 0.25) is 0 Å². The van der Waals surface area contributed by atoms with E-state index < -0.39 is 36.3 Å². The summed E-state index contributed by atoms with van der Waals surface area (Å²) in [5.41, 5.74) is -1.11. The fourth-order valence-corrected chi connectivity index (χ4v) is 2.66. The number of aliphatic hydroxyl groups excluding tert-OH is 1. The molecule has 2 rings (SSSR count). The summed E-state index contributed by atoms with van der Waals surface area (Å²) in [5, 5.41) is 11.8. The maximum Gasteiger partial charge on any atom is 0.416 e. The number of nitrogens with one attached hydrogen (secondary N) is 1. The van der Waals surface area contributed by atoms with Crippen molar-refractivity contribution >= 4 is 11.8 Å². The molecule has 1 aromatic carbocycles. The third-order valence-corrected chi connectivity index (χ3v) is 3.94. The zero-order chi connectivity index (χ0) is 17.2. The molecule has 8 heteroatoms. The maximum absolute atomic E-state index is 13.0. The van der Waals surface area contributed by atoms with Crippen molar-refractivity contribution in [2.24, 2.45) is 0 Å². The van der Waals surface area contributed by atoms with Crippen molar-refractivity contribution in [3.63, 3.8) is 0 Å². The van der Waals surface area contributed by atoms with Crippen molar-refractivity contribution in [3.8, 4) is 0 Å². The molecule has 1 saturated heterocycles.